The van der Waals surface area contributed by atoms with Crippen LogP contribution in [0.15, 0.2) is 38.0 Å². The molecule has 0 saturated heterocycles. The van der Waals surface area contributed by atoms with Crippen LogP contribution < -0.4 is 11.2 Å². The normalized spacial score (nSPS) is 11.1. The molecule has 0 spiro atoms. The van der Waals surface area contributed by atoms with Crippen LogP contribution in [-0.4, -0.2) is 25.3 Å². The van der Waals surface area contributed by atoms with Gasteiger partial charge >= 0.3 is 11.7 Å². The van der Waals surface area contributed by atoms with Crippen molar-refractivity contribution in [2.24, 2.45) is 24.3 Å². The highest BCUT2D eigenvalue weighted by Gasteiger charge is 2.15. The molecule has 9 heteroatoms. The van der Waals surface area contributed by atoms with Crippen LogP contribution >= 0.6 is 0 Å². The average Bonchev–Trinajstić information content (AvgIpc) is 2.52. The first-order valence-corrected chi connectivity index (χ1v) is 6.49. The summed E-state index contributed by atoms with van der Waals surface area (Å²) in [6, 6.07) is 4.43. The van der Waals surface area contributed by atoms with E-state index in [2.05, 4.69) is 10.2 Å². The zero-order valence-corrected chi connectivity index (χ0v) is 12.6. The summed E-state index contributed by atoms with van der Waals surface area (Å²) in [5, 5.41) is 26.5. The molecule has 120 valence electrons. The molecule has 0 bridgehead atoms. The first-order chi connectivity index (χ1) is 10.8. The molecule has 2 aromatic rings. The molecule has 0 radical (unpaired) electrons. The third-order valence-electron chi connectivity index (χ3n) is 3.40. The maximum atomic E-state index is 12.0. The summed E-state index contributed by atoms with van der Waals surface area (Å²) in [4.78, 5) is 34.7. The van der Waals surface area contributed by atoms with Gasteiger partial charge < -0.3 is 10.2 Å². The molecule has 2 rings (SSSR count). The van der Waals surface area contributed by atoms with Crippen molar-refractivity contribution in [3.05, 3.63) is 50.2 Å². The largest absolute Gasteiger partial charge is 0.493 e. The summed E-state index contributed by atoms with van der Waals surface area (Å²) in [5.41, 5.74) is -1.25. The van der Waals surface area contributed by atoms with E-state index >= 15 is 0 Å². The number of hydrogen-bond acceptors (Lipinski definition) is 6. The molecule has 0 aliphatic carbocycles. The Hall–Kier alpha value is -3.23. The van der Waals surface area contributed by atoms with Crippen LogP contribution in [0.5, 0.6) is 5.88 Å². The van der Waals surface area contributed by atoms with E-state index in [1.165, 1.54) is 32.3 Å². The lowest BCUT2D eigenvalue weighted by molar-refractivity contribution is 0.0696. The minimum Gasteiger partial charge on any atom is -0.493 e. The maximum absolute atomic E-state index is 12.0. The molecule has 2 N–H and O–H groups in total. The molecular weight excluding hydrogens is 304 g/mol. The summed E-state index contributed by atoms with van der Waals surface area (Å²) in [5.74, 6) is -1.73. The lowest BCUT2D eigenvalue weighted by atomic mass is 10.1. The van der Waals surface area contributed by atoms with Crippen molar-refractivity contribution in [2.75, 3.05) is 0 Å². The van der Waals surface area contributed by atoms with E-state index in [-0.39, 0.29) is 11.3 Å². The first-order valence-electron chi connectivity index (χ1n) is 6.49. The zero-order chi connectivity index (χ0) is 17.3. The Morgan fingerprint density at radius 1 is 1.13 bits per heavy atom. The quantitative estimate of drug-likeness (QED) is 0.822. The Morgan fingerprint density at radius 3 is 2.39 bits per heavy atom. The Kier molecular flexibility index (Phi) is 4.12. The fourth-order valence-corrected chi connectivity index (χ4v) is 1.97. The average molecular weight is 318 g/mol. The number of carboxylic acids is 1. The molecule has 0 amide bonds. The zero-order valence-electron chi connectivity index (χ0n) is 12.6. The third kappa shape index (κ3) is 2.76. The summed E-state index contributed by atoms with van der Waals surface area (Å²) < 4.78 is 1.64. The maximum Gasteiger partial charge on any atom is 0.336 e. The van der Waals surface area contributed by atoms with Crippen LogP contribution in [0, 0.1) is 6.92 Å². The lowest BCUT2D eigenvalue weighted by Gasteiger charge is -2.07. The van der Waals surface area contributed by atoms with Gasteiger partial charge in [-0.2, -0.15) is 0 Å². The summed E-state index contributed by atoms with van der Waals surface area (Å²) in [7, 11) is 2.53. The standard InChI is InChI=1S/C14H14N4O5/c1-7-8(13(21)22)5-4-6-9(7)15-16-10-11(19)17(2)14(23)18(3)12(10)20/h4-6,19H,1-3H3,(H,21,22). The number of hydrogen-bond donors (Lipinski definition) is 2. The van der Waals surface area contributed by atoms with Crippen molar-refractivity contribution in [2.45, 2.75) is 6.92 Å². The van der Waals surface area contributed by atoms with Crippen molar-refractivity contribution >= 4 is 17.3 Å². The van der Waals surface area contributed by atoms with Crippen molar-refractivity contribution in [3.63, 3.8) is 0 Å². The third-order valence-corrected chi connectivity index (χ3v) is 3.40. The number of carbonyl (C=O) groups is 1. The van der Waals surface area contributed by atoms with E-state index in [1.54, 1.807) is 6.92 Å². The molecule has 1 aromatic carbocycles. The van der Waals surface area contributed by atoms with E-state index in [9.17, 15) is 19.5 Å². The molecule has 0 aliphatic rings. The predicted octanol–water partition coefficient (Wildman–Crippen LogP) is 1.21. The van der Waals surface area contributed by atoms with Gasteiger partial charge in [0.15, 0.2) is 0 Å². The van der Waals surface area contributed by atoms with Crippen LogP contribution in [0.3, 0.4) is 0 Å². The van der Waals surface area contributed by atoms with Crippen LogP contribution in [0.2, 0.25) is 0 Å². The van der Waals surface area contributed by atoms with E-state index in [1.807, 2.05) is 0 Å². The van der Waals surface area contributed by atoms with Crippen LogP contribution in [0.1, 0.15) is 15.9 Å². The van der Waals surface area contributed by atoms with Gasteiger partial charge in [0.05, 0.1) is 11.3 Å². The number of azo groups is 1. The second-order valence-electron chi connectivity index (χ2n) is 4.83. The lowest BCUT2D eigenvalue weighted by Crippen LogP contribution is -2.36. The number of rotatable bonds is 3. The summed E-state index contributed by atoms with van der Waals surface area (Å²) in [6.45, 7) is 1.55. The molecule has 23 heavy (non-hydrogen) atoms. The van der Waals surface area contributed by atoms with Crippen molar-refractivity contribution in [3.8, 4) is 5.88 Å². The SMILES string of the molecule is Cc1c(N=Nc2c(O)n(C)c(=O)n(C)c2=O)cccc1C(=O)O. The highest BCUT2D eigenvalue weighted by Crippen LogP contribution is 2.26. The van der Waals surface area contributed by atoms with Crippen LogP contribution in [0.4, 0.5) is 11.4 Å². The van der Waals surface area contributed by atoms with Gasteiger partial charge in [0, 0.05) is 14.1 Å². The highest BCUT2D eigenvalue weighted by atomic mass is 16.4. The smallest absolute Gasteiger partial charge is 0.336 e. The molecule has 0 atom stereocenters. The topological polar surface area (TPSA) is 126 Å². The predicted molar refractivity (Wildman–Crippen MR) is 80.9 cm³/mol. The minimum absolute atomic E-state index is 0.0547. The first kappa shape index (κ1) is 16.1. The Morgan fingerprint density at radius 2 is 1.78 bits per heavy atom. The van der Waals surface area contributed by atoms with Gasteiger partial charge in [-0.3, -0.25) is 13.9 Å². The van der Waals surface area contributed by atoms with Crippen LogP contribution in [0.25, 0.3) is 0 Å². The van der Waals surface area contributed by atoms with Gasteiger partial charge in [-0.25, -0.2) is 9.59 Å². The Balaban J connectivity index is 2.59. The number of carboxylic acid groups (broad SMARTS) is 1. The summed E-state index contributed by atoms with van der Waals surface area (Å²) >= 11 is 0. The van der Waals surface area contributed by atoms with E-state index in [4.69, 9.17) is 5.11 Å². The molecule has 0 fully saturated rings. The fourth-order valence-electron chi connectivity index (χ4n) is 1.97. The molecule has 9 nitrogen and oxygen atoms in total. The van der Waals surface area contributed by atoms with E-state index < -0.39 is 28.8 Å². The molecular formula is C14H14N4O5. The highest BCUT2D eigenvalue weighted by molar-refractivity contribution is 5.90. The monoisotopic (exact) mass is 318 g/mol. The van der Waals surface area contributed by atoms with Crippen molar-refractivity contribution in [1.82, 2.24) is 9.13 Å². The van der Waals surface area contributed by atoms with Crippen molar-refractivity contribution < 1.29 is 15.0 Å². The van der Waals surface area contributed by atoms with Gasteiger partial charge in [0.2, 0.25) is 11.6 Å². The molecule has 0 unspecified atom stereocenters. The molecule has 0 aliphatic heterocycles. The summed E-state index contributed by atoms with van der Waals surface area (Å²) in [6.07, 6.45) is 0. The number of aromatic carboxylic acids is 1. The number of benzene rings is 1. The number of nitrogens with zero attached hydrogens (tertiary/aromatic N) is 4. The van der Waals surface area contributed by atoms with Gasteiger partial charge in [0.1, 0.15) is 0 Å². The van der Waals surface area contributed by atoms with Gasteiger partial charge in [-0.1, -0.05) is 6.07 Å². The van der Waals surface area contributed by atoms with Crippen molar-refractivity contribution in [1.29, 1.82) is 0 Å². The fraction of sp³-hybridized carbons (Fsp3) is 0.214. The number of aromatic hydroxyl groups is 1. The Labute approximate surface area is 129 Å². The van der Waals surface area contributed by atoms with Crippen LogP contribution in [-0.2, 0) is 14.1 Å². The second-order valence-corrected chi connectivity index (χ2v) is 4.83. The Bertz CT molecular complexity index is 939. The molecule has 0 saturated carbocycles. The van der Waals surface area contributed by atoms with E-state index in [0.717, 1.165) is 9.13 Å². The van der Waals surface area contributed by atoms with Gasteiger partial charge in [-0.05, 0) is 24.6 Å². The second kappa shape index (κ2) is 5.87. The molecule has 1 aromatic heterocycles. The van der Waals surface area contributed by atoms with Gasteiger partial charge in [-0.15, -0.1) is 10.2 Å². The van der Waals surface area contributed by atoms with Gasteiger partial charge in [0.25, 0.3) is 5.56 Å². The number of aromatic nitrogens is 2. The molecule has 1 heterocycles. The van der Waals surface area contributed by atoms with E-state index in [0.29, 0.717) is 5.56 Å². The minimum atomic E-state index is -1.11.